The Morgan fingerprint density at radius 2 is 2.00 bits per heavy atom. The Kier molecular flexibility index (Phi) is 6.31. The number of ether oxygens (including phenoxy) is 2. The van der Waals surface area contributed by atoms with E-state index in [1.165, 1.54) is 24.3 Å². The molecule has 0 aromatic heterocycles. The SMILES string of the molecule is CCOC(=O)c1cccc(NC(=O)COc2ccc(F)cc2Br)c1. The molecule has 0 aliphatic rings. The van der Waals surface area contributed by atoms with Gasteiger partial charge in [-0.05, 0) is 59.3 Å². The second kappa shape index (κ2) is 8.44. The maximum Gasteiger partial charge on any atom is 0.338 e. The number of nitrogens with one attached hydrogen (secondary N) is 1. The average Bonchev–Trinajstić information content (AvgIpc) is 2.54. The zero-order valence-electron chi connectivity index (χ0n) is 12.8. The molecule has 0 aliphatic heterocycles. The van der Waals surface area contributed by atoms with Gasteiger partial charge in [0.15, 0.2) is 6.61 Å². The number of anilines is 1. The second-order valence-corrected chi connectivity index (χ2v) is 5.57. The standard InChI is InChI=1S/C17H15BrFNO4/c1-2-23-17(22)11-4-3-5-13(8-11)20-16(21)10-24-15-7-6-12(19)9-14(15)18/h3-9H,2,10H2,1H3,(H,20,21). The van der Waals surface area contributed by atoms with Gasteiger partial charge in [-0.2, -0.15) is 0 Å². The highest BCUT2D eigenvalue weighted by atomic mass is 79.9. The van der Waals surface area contributed by atoms with Gasteiger partial charge in [-0.3, -0.25) is 4.79 Å². The smallest absolute Gasteiger partial charge is 0.338 e. The molecule has 1 N–H and O–H groups in total. The fourth-order valence-corrected chi connectivity index (χ4v) is 2.34. The molecule has 0 bridgehead atoms. The summed E-state index contributed by atoms with van der Waals surface area (Å²) in [6, 6.07) is 10.3. The van der Waals surface area contributed by atoms with Gasteiger partial charge in [-0.15, -0.1) is 0 Å². The van der Waals surface area contributed by atoms with E-state index in [4.69, 9.17) is 9.47 Å². The molecule has 0 saturated heterocycles. The molecule has 24 heavy (non-hydrogen) atoms. The predicted octanol–water partition coefficient (Wildman–Crippen LogP) is 3.78. The van der Waals surface area contributed by atoms with Gasteiger partial charge >= 0.3 is 5.97 Å². The van der Waals surface area contributed by atoms with Crippen molar-refractivity contribution in [3.63, 3.8) is 0 Å². The first kappa shape index (κ1) is 17.9. The van der Waals surface area contributed by atoms with Crippen LogP contribution in [0.1, 0.15) is 17.3 Å². The van der Waals surface area contributed by atoms with Gasteiger partial charge in [0.25, 0.3) is 5.91 Å². The van der Waals surface area contributed by atoms with Gasteiger partial charge in [0.1, 0.15) is 11.6 Å². The molecule has 0 fully saturated rings. The summed E-state index contributed by atoms with van der Waals surface area (Å²) >= 11 is 3.16. The van der Waals surface area contributed by atoms with Gasteiger partial charge in [0.05, 0.1) is 16.6 Å². The van der Waals surface area contributed by atoms with Crippen LogP contribution in [-0.4, -0.2) is 25.1 Å². The number of hydrogen-bond donors (Lipinski definition) is 1. The van der Waals surface area contributed by atoms with Crippen molar-refractivity contribution in [3.8, 4) is 5.75 Å². The summed E-state index contributed by atoms with van der Waals surface area (Å²) in [5.74, 6) is -0.923. The van der Waals surface area contributed by atoms with Crippen LogP contribution in [0, 0.1) is 5.82 Å². The highest BCUT2D eigenvalue weighted by Crippen LogP contribution is 2.25. The summed E-state index contributed by atoms with van der Waals surface area (Å²) in [6.45, 7) is 1.73. The van der Waals surface area contributed by atoms with E-state index in [0.29, 0.717) is 21.5 Å². The van der Waals surface area contributed by atoms with E-state index in [0.717, 1.165) is 0 Å². The van der Waals surface area contributed by atoms with Crippen LogP contribution in [0.15, 0.2) is 46.9 Å². The number of halogens is 2. The summed E-state index contributed by atoms with van der Waals surface area (Å²) in [4.78, 5) is 23.6. The molecular formula is C17H15BrFNO4. The van der Waals surface area contributed by atoms with E-state index in [1.807, 2.05) is 0 Å². The Morgan fingerprint density at radius 3 is 2.71 bits per heavy atom. The molecule has 2 rings (SSSR count). The molecule has 2 aromatic rings. The van der Waals surface area contributed by atoms with Crippen LogP contribution in [0.3, 0.4) is 0 Å². The van der Waals surface area contributed by atoms with Gasteiger partial charge in [0, 0.05) is 5.69 Å². The number of benzene rings is 2. The lowest BCUT2D eigenvalue weighted by Crippen LogP contribution is -2.20. The lowest BCUT2D eigenvalue weighted by atomic mass is 10.2. The second-order valence-electron chi connectivity index (χ2n) is 4.71. The maximum atomic E-state index is 13.0. The van der Waals surface area contributed by atoms with Crippen molar-refractivity contribution in [2.45, 2.75) is 6.92 Å². The third kappa shape index (κ3) is 5.06. The lowest BCUT2D eigenvalue weighted by molar-refractivity contribution is -0.118. The Hall–Kier alpha value is -2.41. The largest absolute Gasteiger partial charge is 0.483 e. The van der Waals surface area contributed by atoms with E-state index < -0.39 is 17.7 Å². The summed E-state index contributed by atoms with van der Waals surface area (Å²) in [5, 5.41) is 2.62. The van der Waals surface area contributed by atoms with Gasteiger partial charge < -0.3 is 14.8 Å². The summed E-state index contributed by atoms with van der Waals surface area (Å²) < 4.78 is 23.6. The van der Waals surface area contributed by atoms with Crippen molar-refractivity contribution >= 4 is 33.5 Å². The molecule has 0 saturated carbocycles. The number of carbonyl (C=O) groups is 2. The number of hydrogen-bond acceptors (Lipinski definition) is 4. The molecule has 126 valence electrons. The number of carbonyl (C=O) groups excluding carboxylic acids is 2. The summed E-state index contributed by atoms with van der Waals surface area (Å²) in [7, 11) is 0. The fraction of sp³-hybridized carbons (Fsp3) is 0.176. The predicted molar refractivity (Wildman–Crippen MR) is 90.6 cm³/mol. The molecule has 7 heteroatoms. The highest BCUT2D eigenvalue weighted by molar-refractivity contribution is 9.10. The van der Waals surface area contributed by atoms with Crippen molar-refractivity contribution in [1.29, 1.82) is 0 Å². The third-order valence-electron chi connectivity index (χ3n) is 2.91. The zero-order chi connectivity index (χ0) is 17.5. The van der Waals surface area contributed by atoms with Crippen LogP contribution < -0.4 is 10.1 Å². The molecule has 0 spiro atoms. The minimum absolute atomic E-state index is 0.256. The van der Waals surface area contributed by atoms with Crippen molar-refractivity contribution in [1.82, 2.24) is 0 Å². The normalized spacial score (nSPS) is 10.1. The molecule has 5 nitrogen and oxygen atoms in total. The van der Waals surface area contributed by atoms with E-state index in [-0.39, 0.29) is 13.2 Å². The molecule has 1 amide bonds. The molecule has 2 aromatic carbocycles. The summed E-state index contributed by atoms with van der Waals surface area (Å²) in [6.07, 6.45) is 0. The number of esters is 1. The first-order chi connectivity index (χ1) is 11.5. The van der Waals surface area contributed by atoms with Gasteiger partial charge in [-0.1, -0.05) is 6.07 Å². The van der Waals surface area contributed by atoms with Crippen LogP contribution in [0.5, 0.6) is 5.75 Å². The van der Waals surface area contributed by atoms with E-state index in [9.17, 15) is 14.0 Å². The molecule has 0 aliphatic carbocycles. The van der Waals surface area contributed by atoms with E-state index >= 15 is 0 Å². The summed E-state index contributed by atoms with van der Waals surface area (Å²) in [5.41, 5.74) is 0.796. The molecule has 0 heterocycles. The molecule has 0 radical (unpaired) electrons. The van der Waals surface area contributed by atoms with Crippen LogP contribution in [0.4, 0.5) is 10.1 Å². The molecular weight excluding hydrogens is 381 g/mol. The van der Waals surface area contributed by atoms with Crippen molar-refractivity contribution in [2.75, 3.05) is 18.5 Å². The van der Waals surface area contributed by atoms with Crippen LogP contribution >= 0.6 is 15.9 Å². The number of amides is 1. The first-order valence-electron chi connectivity index (χ1n) is 7.14. The van der Waals surface area contributed by atoms with E-state index in [2.05, 4.69) is 21.2 Å². The Labute approximate surface area is 146 Å². The van der Waals surface area contributed by atoms with Crippen LogP contribution in [-0.2, 0) is 9.53 Å². The Morgan fingerprint density at radius 1 is 1.21 bits per heavy atom. The van der Waals surface area contributed by atoms with Crippen LogP contribution in [0.2, 0.25) is 0 Å². The lowest BCUT2D eigenvalue weighted by Gasteiger charge is -2.10. The third-order valence-corrected chi connectivity index (χ3v) is 3.53. The minimum atomic E-state index is -0.458. The monoisotopic (exact) mass is 395 g/mol. The Balaban J connectivity index is 1.95. The maximum absolute atomic E-state index is 13.0. The zero-order valence-corrected chi connectivity index (χ0v) is 14.4. The van der Waals surface area contributed by atoms with Crippen LogP contribution in [0.25, 0.3) is 0 Å². The van der Waals surface area contributed by atoms with Crippen molar-refractivity contribution in [3.05, 3.63) is 58.3 Å². The van der Waals surface area contributed by atoms with Crippen molar-refractivity contribution in [2.24, 2.45) is 0 Å². The average molecular weight is 396 g/mol. The fourth-order valence-electron chi connectivity index (χ4n) is 1.87. The quantitative estimate of drug-likeness (QED) is 0.755. The topological polar surface area (TPSA) is 64.6 Å². The number of rotatable bonds is 6. The Bertz CT molecular complexity index is 751. The van der Waals surface area contributed by atoms with Gasteiger partial charge in [0.2, 0.25) is 0 Å². The highest BCUT2D eigenvalue weighted by Gasteiger charge is 2.10. The minimum Gasteiger partial charge on any atom is -0.483 e. The first-order valence-corrected chi connectivity index (χ1v) is 7.93. The van der Waals surface area contributed by atoms with E-state index in [1.54, 1.807) is 25.1 Å². The molecule has 0 atom stereocenters. The van der Waals surface area contributed by atoms with Gasteiger partial charge in [-0.25, -0.2) is 9.18 Å². The van der Waals surface area contributed by atoms with Crippen molar-refractivity contribution < 1.29 is 23.5 Å². The molecule has 0 unspecified atom stereocenters.